The molecule has 0 bridgehead atoms. The predicted molar refractivity (Wildman–Crippen MR) is 74.8 cm³/mol. The molecule has 1 aliphatic carbocycles. The highest BCUT2D eigenvalue weighted by atomic mass is 79.9. The second kappa shape index (κ2) is 6.65. The second-order valence-electron chi connectivity index (χ2n) is 4.41. The van der Waals surface area contributed by atoms with Crippen LogP contribution in [0, 0.1) is 5.92 Å². The Morgan fingerprint density at radius 3 is 2.89 bits per heavy atom. The minimum Gasteiger partial charge on any atom is -0.492 e. The van der Waals surface area contributed by atoms with Gasteiger partial charge in [-0.25, -0.2) is 8.93 Å². The molecule has 0 spiro atoms. The zero-order valence-corrected chi connectivity index (χ0v) is 12.3. The van der Waals surface area contributed by atoms with Crippen molar-refractivity contribution in [1.29, 1.82) is 0 Å². The van der Waals surface area contributed by atoms with Crippen LogP contribution < -0.4 is 9.46 Å². The summed E-state index contributed by atoms with van der Waals surface area (Å²) in [6, 6.07) is 5.91. The van der Waals surface area contributed by atoms with E-state index in [4.69, 9.17) is 9.29 Å². The predicted octanol–water partition coefficient (Wildman–Crippen LogP) is 2.51. The Labute approximate surface area is 118 Å². The minimum absolute atomic E-state index is 0.470. The number of nitrogens with one attached hydrogen (secondary N) is 1. The molecular weight excluding hydrogens is 318 g/mol. The smallest absolute Gasteiger partial charge is 0.231 e. The Kier molecular flexibility index (Phi) is 5.17. The number of rotatable bonds is 7. The van der Waals surface area contributed by atoms with Crippen molar-refractivity contribution in [2.75, 3.05) is 13.2 Å². The highest BCUT2D eigenvalue weighted by Crippen LogP contribution is 2.32. The highest BCUT2D eigenvalue weighted by molar-refractivity contribution is 9.10. The fraction of sp³-hybridized carbons (Fsp3) is 0.500. The third-order valence-corrected chi connectivity index (χ3v) is 3.88. The van der Waals surface area contributed by atoms with E-state index in [0.29, 0.717) is 13.0 Å². The molecule has 0 aromatic heterocycles. The lowest BCUT2D eigenvalue weighted by Crippen LogP contribution is -2.19. The van der Waals surface area contributed by atoms with Crippen LogP contribution >= 0.6 is 15.9 Å². The molecule has 0 amide bonds. The van der Waals surface area contributed by atoms with E-state index in [1.165, 1.54) is 12.8 Å². The first-order valence-electron chi connectivity index (χ1n) is 5.91. The van der Waals surface area contributed by atoms with Crippen molar-refractivity contribution in [2.24, 2.45) is 5.92 Å². The van der Waals surface area contributed by atoms with E-state index in [2.05, 4.69) is 20.7 Å². The highest BCUT2D eigenvalue weighted by Gasteiger charge is 2.22. The van der Waals surface area contributed by atoms with E-state index in [9.17, 15) is 4.21 Å². The van der Waals surface area contributed by atoms with Gasteiger partial charge in [-0.3, -0.25) is 4.55 Å². The van der Waals surface area contributed by atoms with Gasteiger partial charge in [0.25, 0.3) is 0 Å². The first-order chi connectivity index (χ1) is 8.65. The SMILES string of the molecule is O=S(O)NCCc1ccc(OCC2CC2)c(Br)c1. The maximum absolute atomic E-state index is 10.4. The molecule has 1 unspecified atom stereocenters. The molecule has 1 aromatic rings. The lowest BCUT2D eigenvalue weighted by Gasteiger charge is -2.09. The van der Waals surface area contributed by atoms with Crippen LogP contribution in [-0.2, 0) is 17.7 Å². The maximum Gasteiger partial charge on any atom is 0.231 e. The third kappa shape index (κ3) is 4.68. The Bertz CT molecular complexity index is 437. The molecule has 18 heavy (non-hydrogen) atoms. The molecule has 0 heterocycles. The van der Waals surface area contributed by atoms with Gasteiger partial charge in [0.1, 0.15) is 5.75 Å². The molecule has 1 aromatic carbocycles. The molecule has 0 aliphatic heterocycles. The molecule has 0 radical (unpaired) electrons. The standard InChI is InChI=1S/C12H16BrNO3S/c13-11-7-9(5-6-14-18(15)16)3-4-12(11)17-8-10-1-2-10/h3-4,7,10,14H,1-2,5-6,8H2,(H,15,16). The molecule has 1 fully saturated rings. The zero-order valence-electron chi connectivity index (χ0n) is 9.89. The van der Waals surface area contributed by atoms with Crippen molar-refractivity contribution in [3.05, 3.63) is 28.2 Å². The quantitative estimate of drug-likeness (QED) is 0.754. The van der Waals surface area contributed by atoms with Gasteiger partial charge in [-0.2, -0.15) is 0 Å². The second-order valence-corrected chi connectivity index (χ2v) is 6.05. The van der Waals surface area contributed by atoms with Crippen molar-refractivity contribution >= 4 is 27.2 Å². The van der Waals surface area contributed by atoms with Gasteiger partial charge in [-0.15, -0.1) is 0 Å². The average Bonchev–Trinajstić information content (AvgIpc) is 3.11. The van der Waals surface area contributed by atoms with Crippen LogP contribution in [0.2, 0.25) is 0 Å². The van der Waals surface area contributed by atoms with Gasteiger partial charge in [-0.1, -0.05) is 6.07 Å². The monoisotopic (exact) mass is 333 g/mol. The third-order valence-electron chi connectivity index (χ3n) is 2.81. The summed E-state index contributed by atoms with van der Waals surface area (Å²) in [5, 5.41) is 0. The van der Waals surface area contributed by atoms with Crippen LogP contribution in [0.3, 0.4) is 0 Å². The summed E-state index contributed by atoms with van der Waals surface area (Å²) in [7, 11) is 0. The summed E-state index contributed by atoms with van der Waals surface area (Å²) >= 11 is 1.55. The van der Waals surface area contributed by atoms with E-state index < -0.39 is 11.3 Å². The van der Waals surface area contributed by atoms with Crippen molar-refractivity contribution < 1.29 is 13.5 Å². The summed E-state index contributed by atoms with van der Waals surface area (Å²) in [5.41, 5.74) is 1.10. The maximum atomic E-state index is 10.4. The average molecular weight is 334 g/mol. The van der Waals surface area contributed by atoms with Crippen molar-refractivity contribution in [3.8, 4) is 5.75 Å². The molecule has 1 saturated carbocycles. The van der Waals surface area contributed by atoms with Gasteiger partial charge in [0.2, 0.25) is 11.3 Å². The van der Waals surface area contributed by atoms with Crippen molar-refractivity contribution in [1.82, 2.24) is 4.72 Å². The number of halogens is 1. The fourth-order valence-corrected chi connectivity index (χ4v) is 2.41. The van der Waals surface area contributed by atoms with Gasteiger partial charge in [0.15, 0.2) is 0 Å². The van der Waals surface area contributed by atoms with Gasteiger partial charge in [0, 0.05) is 6.54 Å². The Balaban J connectivity index is 1.85. The van der Waals surface area contributed by atoms with Gasteiger partial charge < -0.3 is 4.74 Å². The summed E-state index contributed by atoms with van der Waals surface area (Å²) in [4.78, 5) is 0. The van der Waals surface area contributed by atoms with Crippen LogP contribution in [0.15, 0.2) is 22.7 Å². The molecule has 0 saturated heterocycles. The molecule has 2 rings (SSSR count). The first-order valence-corrected chi connectivity index (χ1v) is 7.80. The van der Waals surface area contributed by atoms with E-state index in [1.54, 1.807) is 0 Å². The first kappa shape index (κ1) is 14.0. The fourth-order valence-electron chi connectivity index (χ4n) is 1.59. The van der Waals surface area contributed by atoms with Gasteiger partial charge in [-0.05, 0) is 58.8 Å². The van der Waals surface area contributed by atoms with Gasteiger partial charge >= 0.3 is 0 Å². The molecule has 6 heteroatoms. The Morgan fingerprint density at radius 2 is 2.28 bits per heavy atom. The number of benzene rings is 1. The van der Waals surface area contributed by atoms with E-state index in [0.717, 1.165) is 28.3 Å². The molecule has 1 atom stereocenters. The van der Waals surface area contributed by atoms with Gasteiger partial charge in [0.05, 0.1) is 11.1 Å². The Morgan fingerprint density at radius 1 is 1.50 bits per heavy atom. The summed E-state index contributed by atoms with van der Waals surface area (Å²) in [6.07, 6.45) is 3.26. The van der Waals surface area contributed by atoms with E-state index in [-0.39, 0.29) is 0 Å². The topological polar surface area (TPSA) is 58.6 Å². The van der Waals surface area contributed by atoms with Crippen LogP contribution in [-0.4, -0.2) is 21.9 Å². The largest absolute Gasteiger partial charge is 0.492 e. The molecule has 4 nitrogen and oxygen atoms in total. The lowest BCUT2D eigenvalue weighted by molar-refractivity contribution is 0.298. The molecule has 100 valence electrons. The van der Waals surface area contributed by atoms with Crippen molar-refractivity contribution in [2.45, 2.75) is 19.3 Å². The van der Waals surface area contributed by atoms with Crippen LogP contribution in [0.4, 0.5) is 0 Å². The lowest BCUT2D eigenvalue weighted by atomic mass is 10.1. The number of hydrogen-bond donors (Lipinski definition) is 2. The molecule has 2 N–H and O–H groups in total. The van der Waals surface area contributed by atoms with E-state index >= 15 is 0 Å². The normalized spacial score (nSPS) is 16.6. The summed E-state index contributed by atoms with van der Waals surface area (Å²) in [5.74, 6) is 1.60. The van der Waals surface area contributed by atoms with Crippen molar-refractivity contribution in [3.63, 3.8) is 0 Å². The minimum atomic E-state index is -1.94. The zero-order chi connectivity index (χ0) is 13.0. The number of ether oxygens (including phenoxy) is 1. The molecular formula is C12H16BrNO3S. The van der Waals surface area contributed by atoms with Crippen LogP contribution in [0.1, 0.15) is 18.4 Å². The Hall–Kier alpha value is -0.430. The number of hydrogen-bond acceptors (Lipinski definition) is 2. The van der Waals surface area contributed by atoms with Crippen LogP contribution in [0.25, 0.3) is 0 Å². The molecule has 1 aliphatic rings. The van der Waals surface area contributed by atoms with Crippen LogP contribution in [0.5, 0.6) is 5.75 Å². The summed E-state index contributed by atoms with van der Waals surface area (Å²) < 4.78 is 28.1. The van der Waals surface area contributed by atoms with E-state index in [1.807, 2.05) is 18.2 Å². The summed E-state index contributed by atoms with van der Waals surface area (Å²) in [6.45, 7) is 1.26.